The van der Waals surface area contributed by atoms with Gasteiger partial charge in [-0.15, -0.1) is 0 Å². The lowest BCUT2D eigenvalue weighted by Crippen LogP contribution is -2.30. The number of benzene rings is 2. The highest BCUT2D eigenvalue weighted by Crippen LogP contribution is 2.26. The second-order valence-corrected chi connectivity index (χ2v) is 5.61. The molecule has 0 saturated heterocycles. The Kier molecular flexibility index (Phi) is 4.95. The summed E-state index contributed by atoms with van der Waals surface area (Å²) in [5.41, 5.74) is 1.06. The lowest BCUT2D eigenvalue weighted by molar-refractivity contribution is -0.122. The molecule has 25 heavy (non-hydrogen) atoms. The lowest BCUT2D eigenvalue weighted by atomic mass is 10.1. The van der Waals surface area contributed by atoms with Crippen LogP contribution in [0.2, 0.25) is 5.02 Å². The Labute approximate surface area is 147 Å². The number of ether oxygens (including phenoxy) is 1. The fourth-order valence-corrected chi connectivity index (χ4v) is 2.18. The summed E-state index contributed by atoms with van der Waals surface area (Å²) < 4.78 is 23.1. The molecule has 1 amide bonds. The Bertz CT molecular complexity index is 866. The number of carbonyl (C=O) groups excluding carboxylic acids is 1. The third kappa shape index (κ3) is 4.13. The van der Waals surface area contributed by atoms with Gasteiger partial charge in [0.05, 0.1) is 0 Å². The molecule has 1 atom stereocenters. The standard InChI is InChI=1S/C17H13ClFN3O3/c1-10(24-14-8-6-13(19)7-9-14)17(23)20-16-15(21-25-22-16)11-2-4-12(18)5-3-11/h2-10H,1H3,(H,20,22,23). The molecular formula is C17H13ClFN3O3. The van der Waals surface area contributed by atoms with E-state index in [9.17, 15) is 9.18 Å². The number of halogens is 2. The first-order chi connectivity index (χ1) is 12.0. The molecule has 0 saturated carbocycles. The van der Waals surface area contributed by atoms with Gasteiger partial charge in [0.25, 0.3) is 5.91 Å². The first-order valence-electron chi connectivity index (χ1n) is 7.34. The summed E-state index contributed by atoms with van der Waals surface area (Å²) in [5.74, 6) is -0.289. The lowest BCUT2D eigenvalue weighted by Gasteiger charge is -2.13. The van der Waals surface area contributed by atoms with Crippen LogP contribution in [0.25, 0.3) is 11.3 Å². The van der Waals surface area contributed by atoms with Crippen LogP contribution >= 0.6 is 11.6 Å². The number of hydrogen-bond acceptors (Lipinski definition) is 5. The van der Waals surface area contributed by atoms with Crippen LogP contribution in [0.15, 0.2) is 53.2 Å². The van der Waals surface area contributed by atoms with Gasteiger partial charge in [0.1, 0.15) is 11.6 Å². The molecule has 3 aromatic rings. The summed E-state index contributed by atoms with van der Waals surface area (Å²) in [6.07, 6.45) is -0.833. The topological polar surface area (TPSA) is 77.2 Å². The molecule has 0 bridgehead atoms. The minimum absolute atomic E-state index is 0.168. The Morgan fingerprint density at radius 1 is 1.16 bits per heavy atom. The Hall–Kier alpha value is -2.93. The van der Waals surface area contributed by atoms with Crippen LogP contribution in [-0.4, -0.2) is 22.3 Å². The zero-order chi connectivity index (χ0) is 17.8. The maximum Gasteiger partial charge on any atom is 0.266 e. The smallest absolute Gasteiger partial charge is 0.266 e. The van der Waals surface area contributed by atoms with Crippen molar-refractivity contribution < 1.29 is 18.6 Å². The largest absolute Gasteiger partial charge is 0.481 e. The van der Waals surface area contributed by atoms with E-state index in [1.807, 2.05) is 0 Å². The number of rotatable bonds is 5. The maximum atomic E-state index is 12.9. The van der Waals surface area contributed by atoms with E-state index in [2.05, 4.69) is 15.6 Å². The highest BCUT2D eigenvalue weighted by atomic mass is 35.5. The molecule has 1 N–H and O–H groups in total. The number of nitrogens with zero attached hydrogens (tertiary/aromatic N) is 2. The summed E-state index contributed by atoms with van der Waals surface area (Å²) in [6, 6.07) is 12.2. The molecule has 0 spiro atoms. The average molecular weight is 362 g/mol. The first-order valence-corrected chi connectivity index (χ1v) is 7.72. The Morgan fingerprint density at radius 3 is 2.52 bits per heavy atom. The summed E-state index contributed by atoms with van der Waals surface area (Å²) in [7, 11) is 0. The molecule has 1 aromatic heterocycles. The summed E-state index contributed by atoms with van der Waals surface area (Å²) in [6.45, 7) is 1.56. The van der Waals surface area contributed by atoms with Crippen molar-refractivity contribution in [1.29, 1.82) is 0 Å². The van der Waals surface area contributed by atoms with Gasteiger partial charge in [-0.3, -0.25) is 4.79 Å². The predicted octanol–water partition coefficient (Wildman–Crippen LogP) is 3.94. The van der Waals surface area contributed by atoms with Crippen molar-refractivity contribution >= 4 is 23.3 Å². The Morgan fingerprint density at radius 2 is 1.84 bits per heavy atom. The van der Waals surface area contributed by atoms with Gasteiger partial charge in [-0.25, -0.2) is 9.02 Å². The van der Waals surface area contributed by atoms with Crippen molar-refractivity contribution in [3.8, 4) is 17.0 Å². The molecule has 1 unspecified atom stereocenters. The van der Waals surface area contributed by atoms with E-state index in [4.69, 9.17) is 21.0 Å². The quantitative estimate of drug-likeness (QED) is 0.744. The minimum atomic E-state index is -0.833. The monoisotopic (exact) mass is 361 g/mol. The van der Waals surface area contributed by atoms with Gasteiger partial charge < -0.3 is 10.1 Å². The van der Waals surface area contributed by atoms with Crippen LogP contribution < -0.4 is 10.1 Å². The number of anilines is 1. The number of hydrogen-bond donors (Lipinski definition) is 1. The van der Waals surface area contributed by atoms with Crippen LogP contribution in [0.3, 0.4) is 0 Å². The molecule has 2 aromatic carbocycles. The molecule has 8 heteroatoms. The van der Waals surface area contributed by atoms with Gasteiger partial charge >= 0.3 is 0 Å². The van der Waals surface area contributed by atoms with Crippen LogP contribution in [0.1, 0.15) is 6.92 Å². The molecular weight excluding hydrogens is 349 g/mol. The third-order valence-corrected chi connectivity index (χ3v) is 3.60. The van der Waals surface area contributed by atoms with E-state index >= 15 is 0 Å². The molecule has 0 aliphatic heterocycles. The van der Waals surface area contributed by atoms with E-state index in [1.54, 1.807) is 31.2 Å². The maximum absolute atomic E-state index is 12.9. The number of aromatic nitrogens is 2. The molecule has 3 rings (SSSR count). The van der Waals surface area contributed by atoms with Gasteiger partial charge in [0.2, 0.25) is 5.82 Å². The van der Waals surface area contributed by atoms with Crippen LogP contribution in [0.4, 0.5) is 10.2 Å². The molecule has 128 valence electrons. The van der Waals surface area contributed by atoms with E-state index in [0.29, 0.717) is 22.0 Å². The molecule has 0 fully saturated rings. The summed E-state index contributed by atoms with van der Waals surface area (Å²) in [4.78, 5) is 12.3. The van der Waals surface area contributed by atoms with Crippen molar-refractivity contribution in [2.45, 2.75) is 13.0 Å². The van der Waals surface area contributed by atoms with Crippen LogP contribution in [-0.2, 0) is 4.79 Å². The summed E-state index contributed by atoms with van der Waals surface area (Å²) >= 11 is 5.86. The highest BCUT2D eigenvalue weighted by molar-refractivity contribution is 6.30. The molecule has 0 radical (unpaired) electrons. The van der Waals surface area contributed by atoms with Crippen molar-refractivity contribution in [2.24, 2.45) is 0 Å². The van der Waals surface area contributed by atoms with Gasteiger partial charge in [-0.2, -0.15) is 0 Å². The number of carbonyl (C=O) groups is 1. The fraction of sp³-hybridized carbons (Fsp3) is 0.118. The zero-order valence-electron chi connectivity index (χ0n) is 13.1. The normalized spacial score (nSPS) is 11.8. The van der Waals surface area contributed by atoms with E-state index in [-0.39, 0.29) is 11.6 Å². The first kappa shape index (κ1) is 16.9. The van der Waals surface area contributed by atoms with E-state index in [0.717, 1.165) is 0 Å². The average Bonchev–Trinajstić information content (AvgIpc) is 3.05. The minimum Gasteiger partial charge on any atom is -0.481 e. The molecule has 6 nitrogen and oxygen atoms in total. The zero-order valence-corrected chi connectivity index (χ0v) is 13.8. The van der Waals surface area contributed by atoms with Crippen molar-refractivity contribution in [2.75, 3.05) is 5.32 Å². The molecule has 1 heterocycles. The van der Waals surface area contributed by atoms with E-state index in [1.165, 1.54) is 24.3 Å². The fourth-order valence-electron chi connectivity index (χ4n) is 2.06. The number of nitrogens with one attached hydrogen (secondary N) is 1. The van der Waals surface area contributed by atoms with Gasteiger partial charge in [-0.1, -0.05) is 23.7 Å². The van der Waals surface area contributed by atoms with Gasteiger partial charge in [0, 0.05) is 10.6 Å². The molecule has 0 aliphatic rings. The van der Waals surface area contributed by atoms with Crippen molar-refractivity contribution in [3.63, 3.8) is 0 Å². The van der Waals surface area contributed by atoms with Gasteiger partial charge in [-0.05, 0) is 53.6 Å². The second-order valence-electron chi connectivity index (χ2n) is 5.17. The molecule has 0 aliphatic carbocycles. The van der Waals surface area contributed by atoms with Crippen LogP contribution in [0, 0.1) is 5.82 Å². The van der Waals surface area contributed by atoms with Crippen molar-refractivity contribution in [1.82, 2.24) is 10.3 Å². The van der Waals surface area contributed by atoms with Gasteiger partial charge in [0.15, 0.2) is 11.8 Å². The number of amides is 1. The predicted molar refractivity (Wildman–Crippen MR) is 89.9 cm³/mol. The van der Waals surface area contributed by atoms with E-state index < -0.39 is 12.0 Å². The van der Waals surface area contributed by atoms with Crippen molar-refractivity contribution in [3.05, 3.63) is 59.4 Å². The third-order valence-electron chi connectivity index (χ3n) is 3.34. The SMILES string of the molecule is CC(Oc1ccc(F)cc1)C(=O)Nc1nonc1-c1ccc(Cl)cc1. The second kappa shape index (κ2) is 7.31. The van der Waals surface area contributed by atoms with Crippen LogP contribution in [0.5, 0.6) is 5.75 Å². The summed E-state index contributed by atoms with van der Waals surface area (Å²) in [5, 5.41) is 10.7. The highest BCUT2D eigenvalue weighted by Gasteiger charge is 2.20. The Balaban J connectivity index is 1.70.